The number of amides is 3. The standard InChI is InChI=1S/C25H35N3O5/c1-16(2)27-23(31)21-25-12-11-18(33-25)19(22(30)26-15-17-9-5-3-6-10-17)20(25)24(32)28(21)13-7-4-8-14-29/h3,5-6,9-10,16,18-21,29H,4,7-8,11-15H2,1-2H3,(H,26,30)(H,27,31)/t18-,19+,20-,21?,25?/m0/s1. The van der Waals surface area contributed by atoms with Gasteiger partial charge in [-0.2, -0.15) is 0 Å². The summed E-state index contributed by atoms with van der Waals surface area (Å²) in [6.07, 6.45) is 3.02. The second-order valence-corrected chi connectivity index (χ2v) is 9.74. The Morgan fingerprint density at radius 1 is 1.18 bits per heavy atom. The summed E-state index contributed by atoms with van der Waals surface area (Å²) in [5.74, 6) is -1.80. The van der Waals surface area contributed by atoms with Gasteiger partial charge in [-0.3, -0.25) is 14.4 Å². The van der Waals surface area contributed by atoms with E-state index in [1.54, 1.807) is 4.90 Å². The summed E-state index contributed by atoms with van der Waals surface area (Å²) in [5, 5.41) is 15.0. The maximum atomic E-state index is 13.7. The molecule has 3 heterocycles. The molecule has 3 saturated heterocycles. The van der Waals surface area contributed by atoms with Gasteiger partial charge in [0, 0.05) is 25.7 Å². The SMILES string of the molecule is CC(C)NC(=O)C1N(CCCCCO)C(=O)[C@@H]2[C@H](C(=O)NCc3ccccc3)[C@@H]3CCC12O3. The normalized spacial score (nSPS) is 30.1. The molecule has 180 valence electrons. The molecule has 0 aliphatic carbocycles. The Morgan fingerprint density at radius 3 is 2.64 bits per heavy atom. The van der Waals surface area contributed by atoms with Crippen LogP contribution in [0.15, 0.2) is 30.3 Å². The molecule has 8 heteroatoms. The van der Waals surface area contributed by atoms with Gasteiger partial charge in [-0.15, -0.1) is 0 Å². The maximum absolute atomic E-state index is 13.7. The molecule has 3 aliphatic rings. The zero-order chi connectivity index (χ0) is 23.6. The van der Waals surface area contributed by atoms with Crippen molar-refractivity contribution < 1.29 is 24.2 Å². The summed E-state index contributed by atoms with van der Waals surface area (Å²) >= 11 is 0. The van der Waals surface area contributed by atoms with Gasteiger partial charge >= 0.3 is 0 Å². The topological polar surface area (TPSA) is 108 Å². The van der Waals surface area contributed by atoms with E-state index in [1.165, 1.54) is 0 Å². The number of aliphatic hydroxyl groups excluding tert-OH is 1. The van der Waals surface area contributed by atoms with Gasteiger partial charge in [0.15, 0.2) is 0 Å². The zero-order valence-electron chi connectivity index (χ0n) is 19.5. The summed E-state index contributed by atoms with van der Waals surface area (Å²) in [7, 11) is 0. The van der Waals surface area contributed by atoms with Gasteiger partial charge in [-0.25, -0.2) is 0 Å². The Morgan fingerprint density at radius 2 is 1.94 bits per heavy atom. The molecule has 3 fully saturated rings. The van der Waals surface area contributed by atoms with Crippen molar-refractivity contribution in [1.82, 2.24) is 15.5 Å². The average molecular weight is 458 g/mol. The van der Waals surface area contributed by atoms with E-state index in [-0.39, 0.29) is 36.5 Å². The third-order valence-corrected chi connectivity index (χ3v) is 7.15. The van der Waals surface area contributed by atoms with E-state index < -0.39 is 23.5 Å². The molecule has 0 radical (unpaired) electrons. The van der Waals surface area contributed by atoms with Crippen molar-refractivity contribution in [1.29, 1.82) is 0 Å². The first kappa shape index (κ1) is 23.7. The van der Waals surface area contributed by atoms with Crippen LogP contribution in [-0.4, -0.2) is 64.7 Å². The number of carbonyl (C=O) groups is 3. The van der Waals surface area contributed by atoms with Gasteiger partial charge in [0.1, 0.15) is 11.6 Å². The Bertz CT molecular complexity index is 876. The number of likely N-dealkylation sites (tertiary alicyclic amines) is 1. The van der Waals surface area contributed by atoms with Crippen molar-refractivity contribution in [3.05, 3.63) is 35.9 Å². The van der Waals surface area contributed by atoms with Gasteiger partial charge < -0.3 is 25.4 Å². The first-order valence-corrected chi connectivity index (χ1v) is 12.1. The largest absolute Gasteiger partial charge is 0.396 e. The van der Waals surface area contributed by atoms with Crippen LogP contribution in [0.4, 0.5) is 0 Å². The van der Waals surface area contributed by atoms with Crippen LogP contribution in [0, 0.1) is 11.8 Å². The predicted molar refractivity (Wildman–Crippen MR) is 122 cm³/mol. The first-order valence-electron chi connectivity index (χ1n) is 12.1. The number of hydrogen-bond donors (Lipinski definition) is 3. The lowest BCUT2D eigenvalue weighted by molar-refractivity contribution is -0.142. The highest BCUT2D eigenvalue weighted by Gasteiger charge is 2.74. The van der Waals surface area contributed by atoms with E-state index in [0.29, 0.717) is 38.8 Å². The molecule has 1 spiro atoms. The van der Waals surface area contributed by atoms with Crippen LogP contribution in [0.25, 0.3) is 0 Å². The van der Waals surface area contributed by atoms with Gasteiger partial charge in [0.05, 0.1) is 17.9 Å². The molecule has 3 amide bonds. The summed E-state index contributed by atoms with van der Waals surface area (Å²) in [6, 6.07) is 8.86. The molecule has 33 heavy (non-hydrogen) atoms. The molecule has 8 nitrogen and oxygen atoms in total. The number of nitrogens with one attached hydrogen (secondary N) is 2. The third kappa shape index (κ3) is 4.38. The smallest absolute Gasteiger partial charge is 0.246 e. The molecule has 1 aromatic rings. The summed E-state index contributed by atoms with van der Waals surface area (Å²) < 4.78 is 6.39. The first-order chi connectivity index (χ1) is 15.9. The Labute approximate surface area is 195 Å². The van der Waals surface area contributed by atoms with Crippen LogP contribution in [-0.2, 0) is 25.7 Å². The van der Waals surface area contributed by atoms with E-state index in [0.717, 1.165) is 12.0 Å². The lowest BCUT2D eigenvalue weighted by atomic mass is 9.70. The van der Waals surface area contributed by atoms with Crippen LogP contribution < -0.4 is 10.6 Å². The maximum Gasteiger partial charge on any atom is 0.246 e. The van der Waals surface area contributed by atoms with Crippen LogP contribution >= 0.6 is 0 Å². The van der Waals surface area contributed by atoms with Crippen LogP contribution in [0.2, 0.25) is 0 Å². The number of nitrogens with zero attached hydrogens (tertiary/aromatic N) is 1. The molecule has 0 aromatic heterocycles. The number of carbonyl (C=O) groups excluding carboxylic acids is 3. The molecule has 3 aliphatic heterocycles. The number of rotatable bonds is 10. The van der Waals surface area contributed by atoms with Crippen LogP contribution in [0.3, 0.4) is 0 Å². The van der Waals surface area contributed by atoms with Crippen molar-refractivity contribution in [2.75, 3.05) is 13.2 Å². The second kappa shape index (κ2) is 9.81. The third-order valence-electron chi connectivity index (χ3n) is 7.15. The monoisotopic (exact) mass is 457 g/mol. The fourth-order valence-corrected chi connectivity index (χ4v) is 5.83. The van der Waals surface area contributed by atoms with E-state index in [9.17, 15) is 14.4 Å². The highest BCUT2D eigenvalue weighted by atomic mass is 16.5. The molecule has 4 rings (SSSR count). The Hall–Kier alpha value is -2.45. The number of aliphatic hydroxyl groups is 1. The Balaban J connectivity index is 1.56. The van der Waals surface area contributed by atoms with Crippen molar-refractivity contribution in [3.8, 4) is 0 Å². The number of ether oxygens (including phenoxy) is 1. The number of unbranched alkanes of at least 4 members (excludes halogenated alkanes) is 2. The number of hydrogen-bond acceptors (Lipinski definition) is 5. The summed E-state index contributed by atoms with van der Waals surface area (Å²) in [6.45, 7) is 4.69. The minimum absolute atomic E-state index is 0.0668. The highest BCUT2D eigenvalue weighted by Crippen LogP contribution is 2.58. The van der Waals surface area contributed by atoms with E-state index >= 15 is 0 Å². The predicted octanol–water partition coefficient (Wildman–Crippen LogP) is 1.36. The molecule has 3 N–H and O–H groups in total. The zero-order valence-corrected chi connectivity index (χ0v) is 19.5. The molecule has 1 aromatic carbocycles. The highest BCUT2D eigenvalue weighted by molar-refractivity contribution is 5.98. The lowest BCUT2D eigenvalue weighted by Crippen LogP contribution is -2.56. The lowest BCUT2D eigenvalue weighted by Gasteiger charge is -2.34. The minimum Gasteiger partial charge on any atom is -0.396 e. The molecular formula is C25H35N3O5. The van der Waals surface area contributed by atoms with Crippen molar-refractivity contribution in [2.45, 2.75) is 76.3 Å². The van der Waals surface area contributed by atoms with Crippen LogP contribution in [0.1, 0.15) is 51.5 Å². The van der Waals surface area contributed by atoms with Crippen molar-refractivity contribution in [3.63, 3.8) is 0 Å². The fourth-order valence-electron chi connectivity index (χ4n) is 5.83. The van der Waals surface area contributed by atoms with Gasteiger partial charge in [-0.05, 0) is 51.5 Å². The quantitative estimate of drug-likeness (QED) is 0.460. The van der Waals surface area contributed by atoms with Crippen LogP contribution in [0.5, 0.6) is 0 Å². The van der Waals surface area contributed by atoms with E-state index in [2.05, 4.69) is 10.6 Å². The molecule has 5 atom stereocenters. The van der Waals surface area contributed by atoms with Crippen molar-refractivity contribution >= 4 is 17.7 Å². The average Bonchev–Trinajstić information content (AvgIpc) is 3.43. The molecule has 2 unspecified atom stereocenters. The van der Waals surface area contributed by atoms with Gasteiger partial charge in [0.2, 0.25) is 17.7 Å². The molecular weight excluding hydrogens is 422 g/mol. The fraction of sp³-hybridized carbons (Fsp3) is 0.640. The number of benzene rings is 1. The molecule has 0 saturated carbocycles. The summed E-state index contributed by atoms with van der Waals surface area (Å²) in [5.41, 5.74) is 0.0361. The molecule has 2 bridgehead atoms. The van der Waals surface area contributed by atoms with Crippen molar-refractivity contribution in [2.24, 2.45) is 11.8 Å². The minimum atomic E-state index is -0.952. The van der Waals surface area contributed by atoms with Gasteiger partial charge in [0.25, 0.3) is 0 Å². The van der Waals surface area contributed by atoms with E-state index in [1.807, 2.05) is 44.2 Å². The van der Waals surface area contributed by atoms with E-state index in [4.69, 9.17) is 9.84 Å². The second-order valence-electron chi connectivity index (χ2n) is 9.74. The summed E-state index contributed by atoms with van der Waals surface area (Å²) in [4.78, 5) is 41.9. The number of fused-ring (bicyclic) bond motifs is 1. The van der Waals surface area contributed by atoms with Gasteiger partial charge in [-0.1, -0.05) is 30.3 Å². The Kier molecular flexibility index (Phi) is 7.05.